The van der Waals surface area contributed by atoms with Crippen LogP contribution in [-0.4, -0.2) is 4.98 Å². The minimum atomic E-state index is -0.700. The Bertz CT molecular complexity index is 547. The highest BCUT2D eigenvalue weighted by atomic mass is 19.1. The fourth-order valence-electron chi connectivity index (χ4n) is 1.63. The van der Waals surface area contributed by atoms with Crippen LogP contribution in [0.25, 0.3) is 0 Å². The van der Waals surface area contributed by atoms with E-state index in [2.05, 4.69) is 10.3 Å². The highest BCUT2D eigenvalue weighted by Gasteiger charge is 2.10. The van der Waals surface area contributed by atoms with E-state index in [0.29, 0.717) is 6.54 Å². The number of pyridine rings is 1. The van der Waals surface area contributed by atoms with Crippen molar-refractivity contribution in [2.75, 3.05) is 11.1 Å². The van der Waals surface area contributed by atoms with Gasteiger partial charge >= 0.3 is 0 Å². The summed E-state index contributed by atoms with van der Waals surface area (Å²) in [4.78, 5) is 3.97. The van der Waals surface area contributed by atoms with E-state index in [1.165, 1.54) is 0 Å². The maximum atomic E-state index is 13.5. The van der Waals surface area contributed by atoms with Gasteiger partial charge in [-0.1, -0.05) is 0 Å². The van der Waals surface area contributed by atoms with Gasteiger partial charge in [0.15, 0.2) is 11.6 Å². The molecule has 0 radical (unpaired) electrons. The second-order valence-electron chi connectivity index (χ2n) is 4.02. The van der Waals surface area contributed by atoms with Gasteiger partial charge < -0.3 is 11.1 Å². The lowest BCUT2D eigenvalue weighted by Gasteiger charge is -2.10. The summed E-state index contributed by atoms with van der Waals surface area (Å²) in [7, 11) is 0. The normalized spacial score (nSPS) is 10.4. The zero-order chi connectivity index (χ0) is 13.1. The molecule has 0 bridgehead atoms. The molecule has 2 aromatic rings. The summed E-state index contributed by atoms with van der Waals surface area (Å²) in [6.07, 6.45) is 3.33. The van der Waals surface area contributed by atoms with Gasteiger partial charge in [-0.15, -0.1) is 0 Å². The molecule has 1 heterocycles. The van der Waals surface area contributed by atoms with E-state index in [0.717, 1.165) is 23.3 Å². The molecule has 3 N–H and O–H groups in total. The van der Waals surface area contributed by atoms with Crippen LogP contribution < -0.4 is 11.1 Å². The first-order chi connectivity index (χ1) is 8.58. The third-order valence-electron chi connectivity index (χ3n) is 2.67. The van der Waals surface area contributed by atoms with Crippen molar-refractivity contribution in [3.63, 3.8) is 0 Å². The second kappa shape index (κ2) is 5.00. The Labute approximate surface area is 104 Å². The zero-order valence-electron chi connectivity index (χ0n) is 9.87. The number of nitrogens with two attached hydrogens (primary N) is 1. The van der Waals surface area contributed by atoms with Crippen molar-refractivity contribution in [3.05, 3.63) is 53.4 Å². The summed E-state index contributed by atoms with van der Waals surface area (Å²) >= 11 is 0. The molecule has 5 heteroatoms. The summed E-state index contributed by atoms with van der Waals surface area (Å²) < 4.78 is 27.0. The average Bonchev–Trinajstić information content (AvgIpc) is 2.30. The molecule has 1 aromatic carbocycles. The van der Waals surface area contributed by atoms with E-state index in [9.17, 15) is 8.78 Å². The summed E-state index contributed by atoms with van der Waals surface area (Å²) in [5.74, 6) is -1.40. The number of anilines is 2. The molecule has 0 atom stereocenters. The van der Waals surface area contributed by atoms with E-state index in [1.54, 1.807) is 12.4 Å². The molecule has 3 nitrogen and oxygen atoms in total. The van der Waals surface area contributed by atoms with Crippen molar-refractivity contribution in [3.8, 4) is 0 Å². The Kier molecular flexibility index (Phi) is 3.41. The number of nitrogen functional groups attached to an aromatic ring is 1. The highest BCUT2D eigenvalue weighted by Crippen LogP contribution is 2.22. The first-order valence-corrected chi connectivity index (χ1v) is 5.46. The first-order valence-electron chi connectivity index (χ1n) is 5.46. The maximum absolute atomic E-state index is 13.5. The average molecular weight is 249 g/mol. The minimum Gasteiger partial charge on any atom is -0.399 e. The number of nitrogens with zero attached hydrogens (tertiary/aromatic N) is 1. The van der Waals surface area contributed by atoms with Crippen LogP contribution in [0.1, 0.15) is 11.1 Å². The Hall–Kier alpha value is -2.17. The highest BCUT2D eigenvalue weighted by molar-refractivity contribution is 5.54. The van der Waals surface area contributed by atoms with Gasteiger partial charge in [0, 0.05) is 24.6 Å². The molecule has 0 fully saturated rings. The fourth-order valence-corrected chi connectivity index (χ4v) is 1.63. The van der Waals surface area contributed by atoms with Crippen molar-refractivity contribution < 1.29 is 8.78 Å². The zero-order valence-corrected chi connectivity index (χ0v) is 9.87. The van der Waals surface area contributed by atoms with Gasteiger partial charge in [-0.3, -0.25) is 4.98 Å². The largest absolute Gasteiger partial charge is 0.399 e. The summed E-state index contributed by atoms with van der Waals surface area (Å²) in [5, 5.41) is 2.72. The number of rotatable bonds is 3. The lowest BCUT2D eigenvalue weighted by molar-refractivity contribution is 0.589. The number of halogens is 2. The van der Waals surface area contributed by atoms with Gasteiger partial charge in [-0.25, -0.2) is 8.78 Å². The lowest BCUT2D eigenvalue weighted by Crippen LogP contribution is -2.06. The molecular weight excluding hydrogens is 236 g/mol. The lowest BCUT2D eigenvalue weighted by atomic mass is 10.1. The smallest absolute Gasteiger partial charge is 0.151 e. The van der Waals surface area contributed by atoms with Crippen LogP contribution >= 0.6 is 0 Å². The third kappa shape index (κ3) is 2.56. The molecule has 0 aliphatic heterocycles. The van der Waals surface area contributed by atoms with Crippen molar-refractivity contribution >= 4 is 11.4 Å². The third-order valence-corrected chi connectivity index (χ3v) is 2.67. The topological polar surface area (TPSA) is 50.9 Å². The summed E-state index contributed by atoms with van der Waals surface area (Å²) in [6, 6.07) is 4.01. The number of nitrogens with one attached hydrogen (secondary N) is 1. The SMILES string of the molecule is Cc1ccncc1CNc1c(F)cc(N)cc1F. The molecule has 0 saturated heterocycles. The van der Waals surface area contributed by atoms with Crippen LogP contribution in [-0.2, 0) is 6.54 Å². The molecule has 18 heavy (non-hydrogen) atoms. The van der Waals surface area contributed by atoms with Crippen LogP contribution in [0.5, 0.6) is 0 Å². The van der Waals surface area contributed by atoms with Gasteiger partial charge in [-0.2, -0.15) is 0 Å². The van der Waals surface area contributed by atoms with Gasteiger partial charge in [0.25, 0.3) is 0 Å². The quantitative estimate of drug-likeness (QED) is 0.822. The predicted molar refractivity (Wildman–Crippen MR) is 67.1 cm³/mol. The number of hydrogen-bond donors (Lipinski definition) is 2. The molecule has 0 unspecified atom stereocenters. The van der Waals surface area contributed by atoms with E-state index in [4.69, 9.17) is 5.73 Å². The van der Waals surface area contributed by atoms with Crippen LogP contribution in [0.4, 0.5) is 20.2 Å². The molecule has 0 amide bonds. The van der Waals surface area contributed by atoms with E-state index >= 15 is 0 Å². The number of hydrogen-bond acceptors (Lipinski definition) is 3. The number of aromatic nitrogens is 1. The summed E-state index contributed by atoms with van der Waals surface area (Å²) in [5.41, 5.74) is 7.12. The molecular formula is C13H13F2N3. The molecule has 1 aromatic heterocycles. The molecule has 2 rings (SSSR count). The van der Waals surface area contributed by atoms with Crippen LogP contribution in [0.3, 0.4) is 0 Å². The minimum absolute atomic E-state index is 0.0631. The summed E-state index contributed by atoms with van der Waals surface area (Å²) in [6.45, 7) is 2.21. The van der Waals surface area contributed by atoms with E-state index < -0.39 is 11.6 Å². The monoisotopic (exact) mass is 249 g/mol. The molecule has 0 aliphatic carbocycles. The molecule has 0 aliphatic rings. The van der Waals surface area contributed by atoms with Gasteiger partial charge in [0.05, 0.1) is 0 Å². The molecule has 0 spiro atoms. The maximum Gasteiger partial charge on any atom is 0.151 e. The van der Waals surface area contributed by atoms with Crippen molar-refractivity contribution in [2.24, 2.45) is 0 Å². The Balaban J connectivity index is 2.19. The van der Waals surface area contributed by atoms with Crippen molar-refractivity contribution in [2.45, 2.75) is 13.5 Å². The standard InChI is InChI=1S/C13H13F2N3/c1-8-2-3-17-6-9(8)7-18-13-11(14)4-10(16)5-12(13)15/h2-6,18H,7,16H2,1H3. The van der Waals surface area contributed by atoms with Gasteiger partial charge in [0.1, 0.15) is 5.69 Å². The molecule has 94 valence electrons. The van der Waals surface area contributed by atoms with Crippen molar-refractivity contribution in [1.29, 1.82) is 0 Å². The number of benzene rings is 1. The first kappa shape index (κ1) is 12.3. The van der Waals surface area contributed by atoms with Gasteiger partial charge in [-0.05, 0) is 36.2 Å². The van der Waals surface area contributed by atoms with Gasteiger partial charge in [0.2, 0.25) is 0 Å². The molecule has 0 saturated carbocycles. The van der Waals surface area contributed by atoms with Crippen LogP contribution in [0.15, 0.2) is 30.6 Å². The second-order valence-corrected chi connectivity index (χ2v) is 4.02. The Morgan fingerprint density at radius 3 is 2.56 bits per heavy atom. The fraction of sp³-hybridized carbons (Fsp3) is 0.154. The Morgan fingerprint density at radius 1 is 1.28 bits per heavy atom. The predicted octanol–water partition coefficient (Wildman–Crippen LogP) is 2.86. The van der Waals surface area contributed by atoms with E-state index in [1.807, 2.05) is 13.0 Å². The van der Waals surface area contributed by atoms with Crippen LogP contribution in [0.2, 0.25) is 0 Å². The van der Waals surface area contributed by atoms with E-state index in [-0.39, 0.29) is 11.4 Å². The van der Waals surface area contributed by atoms with Crippen molar-refractivity contribution in [1.82, 2.24) is 4.98 Å². The number of aryl methyl sites for hydroxylation is 1. The Morgan fingerprint density at radius 2 is 1.94 bits per heavy atom. The van der Waals surface area contributed by atoms with Crippen LogP contribution in [0, 0.1) is 18.6 Å².